The molecule has 2 atom stereocenters. The second-order valence-corrected chi connectivity index (χ2v) is 7.35. The summed E-state index contributed by atoms with van der Waals surface area (Å²) in [6, 6.07) is 2.56. The zero-order valence-electron chi connectivity index (χ0n) is 10.9. The molecule has 98 valence electrons. The van der Waals surface area contributed by atoms with E-state index in [9.17, 15) is 0 Å². The molecule has 1 rings (SSSR count). The van der Waals surface area contributed by atoms with Crippen LogP contribution in [0.2, 0.25) is 4.34 Å². The van der Waals surface area contributed by atoms with Crippen LogP contribution in [0.15, 0.2) is 10.5 Å². The summed E-state index contributed by atoms with van der Waals surface area (Å²) in [7, 11) is 0. The summed E-state index contributed by atoms with van der Waals surface area (Å²) in [5, 5.41) is 3.64. The standard InChI is InChI=1S/C13H21BrClNS/c1-5-6-16-12(9(4)8(2)3)11-7-10(14)13(15)17-11/h7-9,12,16H,5-6H2,1-4H3. The van der Waals surface area contributed by atoms with Crippen molar-refractivity contribution in [1.29, 1.82) is 0 Å². The van der Waals surface area contributed by atoms with Gasteiger partial charge in [-0.2, -0.15) is 0 Å². The van der Waals surface area contributed by atoms with Crippen LogP contribution < -0.4 is 5.32 Å². The van der Waals surface area contributed by atoms with Crippen molar-refractivity contribution in [2.75, 3.05) is 6.54 Å². The van der Waals surface area contributed by atoms with E-state index in [4.69, 9.17) is 11.6 Å². The second-order valence-electron chi connectivity index (χ2n) is 4.81. The highest BCUT2D eigenvalue weighted by Gasteiger charge is 2.23. The zero-order chi connectivity index (χ0) is 13.0. The van der Waals surface area contributed by atoms with Gasteiger partial charge in [-0.1, -0.05) is 39.3 Å². The highest BCUT2D eigenvalue weighted by Crippen LogP contribution is 2.39. The molecule has 0 spiro atoms. The van der Waals surface area contributed by atoms with Gasteiger partial charge in [-0.05, 0) is 46.8 Å². The second kappa shape index (κ2) is 7.13. The summed E-state index contributed by atoms with van der Waals surface area (Å²) in [6.07, 6.45) is 1.15. The molecule has 1 aromatic heterocycles. The lowest BCUT2D eigenvalue weighted by molar-refractivity contribution is 0.307. The van der Waals surface area contributed by atoms with Gasteiger partial charge in [0.2, 0.25) is 0 Å². The summed E-state index contributed by atoms with van der Waals surface area (Å²) in [5.74, 6) is 1.26. The van der Waals surface area contributed by atoms with Gasteiger partial charge in [-0.25, -0.2) is 0 Å². The summed E-state index contributed by atoms with van der Waals surface area (Å²) in [4.78, 5) is 1.33. The third kappa shape index (κ3) is 4.23. The fraction of sp³-hybridized carbons (Fsp3) is 0.692. The molecular weight excluding hydrogens is 318 g/mol. The van der Waals surface area contributed by atoms with E-state index in [1.807, 2.05) is 0 Å². The lowest BCUT2D eigenvalue weighted by Gasteiger charge is -2.27. The Morgan fingerprint density at radius 3 is 2.47 bits per heavy atom. The van der Waals surface area contributed by atoms with Crippen LogP contribution in [0, 0.1) is 11.8 Å². The van der Waals surface area contributed by atoms with Crippen molar-refractivity contribution in [1.82, 2.24) is 5.32 Å². The van der Waals surface area contributed by atoms with E-state index >= 15 is 0 Å². The van der Waals surface area contributed by atoms with Gasteiger partial charge in [0, 0.05) is 15.4 Å². The van der Waals surface area contributed by atoms with Gasteiger partial charge in [0.05, 0.1) is 0 Å². The molecule has 0 aliphatic rings. The van der Waals surface area contributed by atoms with Crippen LogP contribution >= 0.6 is 38.9 Å². The van der Waals surface area contributed by atoms with Gasteiger partial charge >= 0.3 is 0 Å². The molecule has 0 aliphatic heterocycles. The Kier molecular flexibility index (Phi) is 6.49. The van der Waals surface area contributed by atoms with Gasteiger partial charge in [-0.3, -0.25) is 0 Å². The molecule has 0 radical (unpaired) electrons. The van der Waals surface area contributed by atoms with Crippen molar-refractivity contribution in [2.24, 2.45) is 11.8 Å². The topological polar surface area (TPSA) is 12.0 Å². The quantitative estimate of drug-likeness (QED) is 0.722. The van der Waals surface area contributed by atoms with E-state index in [2.05, 4.69) is 55.0 Å². The molecule has 2 unspecified atom stereocenters. The minimum Gasteiger partial charge on any atom is -0.309 e. The van der Waals surface area contributed by atoms with Crippen LogP contribution in [0.5, 0.6) is 0 Å². The Balaban J connectivity index is 2.88. The van der Waals surface area contributed by atoms with Crippen LogP contribution in [0.4, 0.5) is 0 Å². The minimum absolute atomic E-state index is 0.406. The van der Waals surface area contributed by atoms with E-state index in [1.165, 1.54) is 4.88 Å². The monoisotopic (exact) mass is 337 g/mol. The first-order chi connectivity index (χ1) is 7.97. The highest BCUT2D eigenvalue weighted by atomic mass is 79.9. The first-order valence-electron chi connectivity index (χ1n) is 6.15. The molecular formula is C13H21BrClNS. The Bertz CT molecular complexity index is 332. The van der Waals surface area contributed by atoms with Crippen molar-refractivity contribution in [3.8, 4) is 0 Å². The number of nitrogens with one attached hydrogen (secondary N) is 1. The molecule has 1 heterocycles. The molecule has 0 fully saturated rings. The lowest BCUT2D eigenvalue weighted by atomic mass is 9.89. The maximum Gasteiger partial charge on any atom is 0.107 e. The number of hydrogen-bond donors (Lipinski definition) is 1. The third-order valence-electron chi connectivity index (χ3n) is 3.16. The first-order valence-corrected chi connectivity index (χ1v) is 8.14. The van der Waals surface area contributed by atoms with Crippen LogP contribution in [0.3, 0.4) is 0 Å². The largest absolute Gasteiger partial charge is 0.309 e. The molecule has 4 heteroatoms. The fourth-order valence-electron chi connectivity index (χ4n) is 1.75. The van der Waals surface area contributed by atoms with E-state index in [-0.39, 0.29) is 0 Å². The molecule has 1 nitrogen and oxygen atoms in total. The fourth-order valence-corrected chi connectivity index (χ4v) is 3.67. The normalized spacial score (nSPS) is 15.2. The third-order valence-corrected chi connectivity index (χ3v) is 5.72. The minimum atomic E-state index is 0.406. The van der Waals surface area contributed by atoms with E-state index in [0.717, 1.165) is 21.8 Å². The number of rotatable bonds is 6. The van der Waals surface area contributed by atoms with E-state index in [0.29, 0.717) is 17.9 Å². The first kappa shape index (κ1) is 15.5. The van der Waals surface area contributed by atoms with Gasteiger partial charge in [-0.15, -0.1) is 11.3 Å². The van der Waals surface area contributed by atoms with Crippen molar-refractivity contribution < 1.29 is 0 Å². The van der Waals surface area contributed by atoms with Gasteiger partial charge in [0.25, 0.3) is 0 Å². The predicted molar refractivity (Wildman–Crippen MR) is 82.1 cm³/mol. The lowest BCUT2D eigenvalue weighted by Crippen LogP contribution is -2.29. The smallest absolute Gasteiger partial charge is 0.107 e. The Morgan fingerprint density at radius 1 is 1.41 bits per heavy atom. The van der Waals surface area contributed by atoms with Gasteiger partial charge < -0.3 is 5.32 Å². The summed E-state index contributed by atoms with van der Waals surface area (Å²) in [6.45, 7) is 10.1. The number of hydrogen-bond acceptors (Lipinski definition) is 2. The molecule has 17 heavy (non-hydrogen) atoms. The summed E-state index contributed by atoms with van der Waals surface area (Å²) in [5.41, 5.74) is 0. The molecule has 1 N–H and O–H groups in total. The Labute approximate surface area is 122 Å². The Morgan fingerprint density at radius 2 is 2.06 bits per heavy atom. The average Bonchev–Trinajstić information content (AvgIpc) is 2.59. The zero-order valence-corrected chi connectivity index (χ0v) is 14.0. The average molecular weight is 339 g/mol. The van der Waals surface area contributed by atoms with E-state index < -0.39 is 0 Å². The SMILES string of the molecule is CCCNC(c1cc(Br)c(Cl)s1)C(C)C(C)C. The van der Waals surface area contributed by atoms with Crippen LogP contribution in [-0.4, -0.2) is 6.54 Å². The molecule has 0 amide bonds. The number of thiophene rings is 1. The summed E-state index contributed by atoms with van der Waals surface area (Å²) >= 11 is 11.3. The van der Waals surface area contributed by atoms with Crippen molar-refractivity contribution >= 4 is 38.9 Å². The van der Waals surface area contributed by atoms with Crippen molar-refractivity contribution in [2.45, 2.75) is 40.2 Å². The van der Waals surface area contributed by atoms with Crippen LogP contribution in [0.1, 0.15) is 45.0 Å². The highest BCUT2D eigenvalue weighted by molar-refractivity contribution is 9.10. The molecule has 0 bridgehead atoms. The number of halogens is 2. The summed E-state index contributed by atoms with van der Waals surface area (Å²) < 4.78 is 1.86. The predicted octanol–water partition coefficient (Wildman–Crippen LogP) is 5.50. The van der Waals surface area contributed by atoms with E-state index in [1.54, 1.807) is 11.3 Å². The van der Waals surface area contributed by atoms with Crippen LogP contribution in [0.25, 0.3) is 0 Å². The molecule has 0 saturated carbocycles. The maximum absolute atomic E-state index is 6.14. The van der Waals surface area contributed by atoms with Crippen molar-refractivity contribution in [3.63, 3.8) is 0 Å². The van der Waals surface area contributed by atoms with Gasteiger partial charge in [0.1, 0.15) is 4.34 Å². The Hall–Kier alpha value is 0.430. The van der Waals surface area contributed by atoms with Gasteiger partial charge in [0.15, 0.2) is 0 Å². The molecule has 0 saturated heterocycles. The van der Waals surface area contributed by atoms with Crippen molar-refractivity contribution in [3.05, 3.63) is 19.8 Å². The molecule has 1 aromatic rings. The molecule has 0 aromatic carbocycles. The maximum atomic E-state index is 6.14. The van der Waals surface area contributed by atoms with Crippen LogP contribution in [-0.2, 0) is 0 Å². The molecule has 0 aliphatic carbocycles.